The summed E-state index contributed by atoms with van der Waals surface area (Å²) in [4.78, 5) is 12.5. The SMILES string of the molecule is COCC1(NC(=O)c2cccc3c2CCC3)CCC1. The Morgan fingerprint density at radius 3 is 2.84 bits per heavy atom. The van der Waals surface area contributed by atoms with Crippen molar-refractivity contribution in [3.05, 3.63) is 34.9 Å². The quantitative estimate of drug-likeness (QED) is 0.902. The number of ether oxygens (including phenoxy) is 1. The van der Waals surface area contributed by atoms with Crippen LogP contribution in [0.15, 0.2) is 18.2 Å². The van der Waals surface area contributed by atoms with Crippen molar-refractivity contribution in [1.82, 2.24) is 5.32 Å². The molecular weight excluding hydrogens is 238 g/mol. The van der Waals surface area contributed by atoms with Gasteiger partial charge in [0.2, 0.25) is 0 Å². The third kappa shape index (κ3) is 2.27. The second-order valence-corrected chi connectivity index (χ2v) is 5.82. The first kappa shape index (κ1) is 12.7. The molecule has 3 heteroatoms. The molecule has 0 bridgehead atoms. The van der Waals surface area contributed by atoms with Gasteiger partial charge in [0.1, 0.15) is 0 Å². The summed E-state index contributed by atoms with van der Waals surface area (Å²) in [6.45, 7) is 0.619. The summed E-state index contributed by atoms with van der Waals surface area (Å²) in [6.07, 6.45) is 6.55. The minimum atomic E-state index is -0.118. The van der Waals surface area contributed by atoms with Crippen molar-refractivity contribution in [1.29, 1.82) is 0 Å². The minimum Gasteiger partial charge on any atom is -0.382 e. The van der Waals surface area contributed by atoms with Crippen LogP contribution in [0.3, 0.4) is 0 Å². The second kappa shape index (κ2) is 4.97. The summed E-state index contributed by atoms with van der Waals surface area (Å²) in [7, 11) is 1.70. The fourth-order valence-electron chi connectivity index (χ4n) is 3.33. The van der Waals surface area contributed by atoms with Gasteiger partial charge in [0, 0.05) is 12.7 Å². The highest BCUT2D eigenvalue weighted by Crippen LogP contribution is 2.33. The first-order valence-corrected chi connectivity index (χ1v) is 7.16. The molecule has 1 aromatic rings. The van der Waals surface area contributed by atoms with Crippen molar-refractivity contribution >= 4 is 5.91 Å². The molecule has 3 rings (SSSR count). The molecule has 0 atom stereocenters. The highest BCUT2D eigenvalue weighted by Gasteiger charge is 2.39. The number of rotatable bonds is 4. The van der Waals surface area contributed by atoms with E-state index in [1.54, 1.807) is 7.11 Å². The maximum Gasteiger partial charge on any atom is 0.252 e. The van der Waals surface area contributed by atoms with Crippen molar-refractivity contribution in [2.75, 3.05) is 13.7 Å². The van der Waals surface area contributed by atoms with Gasteiger partial charge < -0.3 is 10.1 Å². The average molecular weight is 259 g/mol. The Labute approximate surface area is 114 Å². The molecule has 1 aromatic carbocycles. The molecule has 102 valence electrons. The Morgan fingerprint density at radius 1 is 1.32 bits per heavy atom. The van der Waals surface area contributed by atoms with Crippen LogP contribution in [-0.2, 0) is 17.6 Å². The first-order valence-electron chi connectivity index (χ1n) is 7.16. The Morgan fingerprint density at radius 2 is 2.16 bits per heavy atom. The molecule has 2 aliphatic rings. The number of hydrogen-bond donors (Lipinski definition) is 1. The first-order chi connectivity index (χ1) is 9.24. The molecule has 0 aromatic heterocycles. The smallest absolute Gasteiger partial charge is 0.252 e. The molecule has 1 N–H and O–H groups in total. The number of carbonyl (C=O) groups excluding carboxylic acids is 1. The molecule has 1 amide bonds. The number of amides is 1. The van der Waals surface area contributed by atoms with Crippen molar-refractivity contribution in [2.24, 2.45) is 0 Å². The van der Waals surface area contributed by atoms with Crippen LogP contribution in [0, 0.1) is 0 Å². The van der Waals surface area contributed by atoms with Gasteiger partial charge in [-0.2, -0.15) is 0 Å². The Balaban J connectivity index is 1.79. The number of methoxy groups -OCH3 is 1. The lowest BCUT2D eigenvalue weighted by Crippen LogP contribution is -2.56. The van der Waals surface area contributed by atoms with Gasteiger partial charge in [-0.05, 0) is 55.7 Å². The number of hydrogen-bond acceptors (Lipinski definition) is 2. The van der Waals surface area contributed by atoms with E-state index in [-0.39, 0.29) is 11.4 Å². The van der Waals surface area contributed by atoms with Gasteiger partial charge in [0.25, 0.3) is 5.91 Å². The third-order valence-corrected chi connectivity index (χ3v) is 4.50. The molecule has 1 fully saturated rings. The molecule has 1 saturated carbocycles. The van der Waals surface area contributed by atoms with Crippen molar-refractivity contribution in [3.8, 4) is 0 Å². The molecule has 19 heavy (non-hydrogen) atoms. The molecule has 0 heterocycles. The van der Waals surface area contributed by atoms with Gasteiger partial charge in [-0.15, -0.1) is 0 Å². The number of nitrogens with one attached hydrogen (secondary N) is 1. The van der Waals surface area contributed by atoms with Crippen molar-refractivity contribution in [3.63, 3.8) is 0 Å². The summed E-state index contributed by atoms with van der Waals surface area (Å²) in [6, 6.07) is 6.11. The fourth-order valence-corrected chi connectivity index (χ4v) is 3.33. The predicted molar refractivity (Wildman–Crippen MR) is 74.4 cm³/mol. The lowest BCUT2D eigenvalue weighted by Gasteiger charge is -2.42. The molecule has 0 unspecified atom stereocenters. The molecule has 0 saturated heterocycles. The van der Waals surface area contributed by atoms with Crippen LogP contribution in [0.1, 0.15) is 47.2 Å². The van der Waals surface area contributed by atoms with E-state index in [0.29, 0.717) is 6.61 Å². The van der Waals surface area contributed by atoms with E-state index in [1.165, 1.54) is 24.0 Å². The largest absolute Gasteiger partial charge is 0.382 e. The van der Waals surface area contributed by atoms with E-state index in [0.717, 1.165) is 31.2 Å². The zero-order valence-electron chi connectivity index (χ0n) is 11.5. The molecule has 0 aliphatic heterocycles. The number of aryl methyl sites for hydroxylation is 1. The molecular formula is C16H21NO2. The molecule has 0 spiro atoms. The van der Waals surface area contributed by atoms with Crippen LogP contribution >= 0.6 is 0 Å². The van der Waals surface area contributed by atoms with Crippen LogP contribution in [0.2, 0.25) is 0 Å². The fraction of sp³-hybridized carbons (Fsp3) is 0.562. The lowest BCUT2D eigenvalue weighted by atomic mass is 9.77. The summed E-state index contributed by atoms with van der Waals surface area (Å²) in [5.74, 6) is 0.0792. The van der Waals surface area contributed by atoms with Gasteiger partial charge >= 0.3 is 0 Å². The summed E-state index contributed by atoms with van der Waals surface area (Å²) in [5, 5.41) is 3.21. The van der Waals surface area contributed by atoms with E-state index in [9.17, 15) is 4.79 Å². The van der Waals surface area contributed by atoms with E-state index >= 15 is 0 Å². The standard InChI is InChI=1S/C16H21NO2/c1-19-11-16(9-4-10-16)17-15(18)14-8-3-6-12-5-2-7-13(12)14/h3,6,8H,2,4-5,7,9-11H2,1H3,(H,17,18). The topological polar surface area (TPSA) is 38.3 Å². The van der Waals surface area contributed by atoms with Crippen LogP contribution in [0.5, 0.6) is 0 Å². The number of carbonyl (C=O) groups is 1. The Bertz CT molecular complexity index is 492. The molecule has 3 nitrogen and oxygen atoms in total. The van der Waals surface area contributed by atoms with Gasteiger partial charge in [0.15, 0.2) is 0 Å². The van der Waals surface area contributed by atoms with E-state index in [4.69, 9.17) is 4.74 Å². The lowest BCUT2D eigenvalue weighted by molar-refractivity contribution is 0.0476. The highest BCUT2D eigenvalue weighted by atomic mass is 16.5. The minimum absolute atomic E-state index is 0.0792. The second-order valence-electron chi connectivity index (χ2n) is 5.82. The third-order valence-electron chi connectivity index (χ3n) is 4.50. The van der Waals surface area contributed by atoms with E-state index in [1.807, 2.05) is 12.1 Å². The monoisotopic (exact) mass is 259 g/mol. The van der Waals surface area contributed by atoms with Crippen molar-refractivity contribution < 1.29 is 9.53 Å². The van der Waals surface area contributed by atoms with Crippen LogP contribution in [0.4, 0.5) is 0 Å². The number of benzene rings is 1. The van der Waals surface area contributed by atoms with E-state index < -0.39 is 0 Å². The zero-order chi connectivity index (χ0) is 13.3. The molecule has 2 aliphatic carbocycles. The average Bonchev–Trinajstić information content (AvgIpc) is 2.84. The van der Waals surface area contributed by atoms with Crippen LogP contribution < -0.4 is 5.32 Å². The Hall–Kier alpha value is -1.35. The maximum atomic E-state index is 12.5. The predicted octanol–water partition coefficient (Wildman–Crippen LogP) is 2.47. The number of fused-ring (bicyclic) bond motifs is 1. The summed E-state index contributed by atoms with van der Waals surface area (Å²) in [5.41, 5.74) is 3.36. The van der Waals surface area contributed by atoms with Crippen LogP contribution in [-0.4, -0.2) is 25.2 Å². The van der Waals surface area contributed by atoms with Gasteiger partial charge in [0.05, 0.1) is 12.1 Å². The van der Waals surface area contributed by atoms with Crippen molar-refractivity contribution in [2.45, 2.75) is 44.1 Å². The summed E-state index contributed by atoms with van der Waals surface area (Å²) < 4.78 is 5.26. The molecule has 0 radical (unpaired) electrons. The van der Waals surface area contributed by atoms with Gasteiger partial charge in [-0.25, -0.2) is 0 Å². The Kier molecular flexibility index (Phi) is 3.31. The highest BCUT2D eigenvalue weighted by molar-refractivity contribution is 5.96. The van der Waals surface area contributed by atoms with E-state index in [2.05, 4.69) is 11.4 Å². The zero-order valence-corrected chi connectivity index (χ0v) is 11.5. The van der Waals surface area contributed by atoms with Crippen LogP contribution in [0.25, 0.3) is 0 Å². The van der Waals surface area contributed by atoms with Gasteiger partial charge in [-0.3, -0.25) is 4.79 Å². The van der Waals surface area contributed by atoms with Gasteiger partial charge in [-0.1, -0.05) is 12.1 Å². The normalized spacial score (nSPS) is 19.6. The summed E-state index contributed by atoms with van der Waals surface area (Å²) >= 11 is 0. The maximum absolute atomic E-state index is 12.5.